The van der Waals surface area contributed by atoms with Gasteiger partial charge in [0.1, 0.15) is 0 Å². The summed E-state index contributed by atoms with van der Waals surface area (Å²) in [5, 5.41) is 0. The van der Waals surface area contributed by atoms with Gasteiger partial charge in [-0.3, -0.25) is 4.57 Å². The second-order valence-electron chi connectivity index (χ2n) is 3.08. The van der Waals surface area contributed by atoms with Crippen molar-refractivity contribution in [3.05, 3.63) is 0 Å². The van der Waals surface area contributed by atoms with Crippen molar-refractivity contribution in [1.29, 1.82) is 0 Å². The van der Waals surface area contributed by atoms with Crippen LogP contribution in [0.3, 0.4) is 0 Å². The zero-order chi connectivity index (χ0) is 9.07. The van der Waals surface area contributed by atoms with Gasteiger partial charge in [-0.25, -0.2) is 0 Å². The second kappa shape index (κ2) is 4.24. The maximum absolute atomic E-state index is 11.4. The summed E-state index contributed by atoms with van der Waals surface area (Å²) in [6, 6.07) is 0. The van der Waals surface area contributed by atoms with Crippen molar-refractivity contribution >= 4 is 7.60 Å². The van der Waals surface area contributed by atoms with Gasteiger partial charge in [-0.1, -0.05) is 0 Å². The van der Waals surface area contributed by atoms with Crippen molar-refractivity contribution in [1.82, 2.24) is 0 Å². The molecule has 0 aliphatic carbocycles. The van der Waals surface area contributed by atoms with Gasteiger partial charge in [-0.15, -0.1) is 0 Å². The van der Waals surface area contributed by atoms with Gasteiger partial charge in [-0.2, -0.15) is 0 Å². The molecule has 0 saturated carbocycles. The predicted octanol–water partition coefficient (Wildman–Crippen LogP) is 2.66. The highest BCUT2D eigenvalue weighted by molar-refractivity contribution is 7.53. The van der Waals surface area contributed by atoms with Crippen LogP contribution in [0.15, 0.2) is 0 Å². The van der Waals surface area contributed by atoms with Gasteiger partial charge in [0.2, 0.25) is 0 Å². The number of hydrogen-bond acceptors (Lipinski definition) is 3. The van der Waals surface area contributed by atoms with Gasteiger partial charge in [0.25, 0.3) is 0 Å². The topological polar surface area (TPSA) is 35.5 Å². The molecule has 4 heteroatoms. The summed E-state index contributed by atoms with van der Waals surface area (Å²) >= 11 is 0. The van der Waals surface area contributed by atoms with Gasteiger partial charge in [0.15, 0.2) is 0 Å². The van der Waals surface area contributed by atoms with Gasteiger partial charge >= 0.3 is 7.60 Å². The molecule has 0 heterocycles. The van der Waals surface area contributed by atoms with Crippen LogP contribution in [0.2, 0.25) is 0 Å². The van der Waals surface area contributed by atoms with Crippen LogP contribution in [0.5, 0.6) is 0 Å². The Morgan fingerprint density at radius 1 is 1.00 bits per heavy atom. The van der Waals surface area contributed by atoms with Gasteiger partial charge in [0, 0.05) is 6.66 Å². The first-order valence-electron chi connectivity index (χ1n) is 3.78. The fourth-order valence-electron chi connectivity index (χ4n) is 0.791. The van der Waals surface area contributed by atoms with Crippen LogP contribution >= 0.6 is 7.60 Å². The van der Waals surface area contributed by atoms with Crippen LogP contribution in [-0.4, -0.2) is 18.9 Å². The lowest BCUT2D eigenvalue weighted by atomic mass is 10.5. The predicted molar refractivity (Wildman–Crippen MR) is 46.0 cm³/mol. The minimum absolute atomic E-state index is 0.0513. The van der Waals surface area contributed by atoms with E-state index in [9.17, 15) is 4.57 Å². The first-order chi connectivity index (χ1) is 4.83. The Bertz CT molecular complexity index is 140. The van der Waals surface area contributed by atoms with Gasteiger partial charge in [-0.05, 0) is 27.7 Å². The lowest BCUT2D eigenvalue weighted by Crippen LogP contribution is -2.06. The molecule has 11 heavy (non-hydrogen) atoms. The molecule has 0 N–H and O–H groups in total. The summed E-state index contributed by atoms with van der Waals surface area (Å²) < 4.78 is 21.6. The summed E-state index contributed by atoms with van der Waals surface area (Å²) in [7, 11) is -2.80. The Kier molecular flexibility index (Phi) is 4.30. The molecule has 0 unspecified atom stereocenters. The zero-order valence-electron chi connectivity index (χ0n) is 7.83. The van der Waals surface area contributed by atoms with Crippen LogP contribution in [0.1, 0.15) is 27.7 Å². The Labute approximate surface area is 68.6 Å². The molecule has 0 amide bonds. The molecular formula is C7H17O3P. The van der Waals surface area contributed by atoms with E-state index in [1.807, 2.05) is 27.7 Å². The van der Waals surface area contributed by atoms with E-state index < -0.39 is 7.60 Å². The summed E-state index contributed by atoms with van der Waals surface area (Å²) in [5.74, 6) is 0. The molecule has 0 aromatic carbocycles. The maximum Gasteiger partial charge on any atom is 0.328 e. The highest BCUT2D eigenvalue weighted by Gasteiger charge is 2.19. The number of rotatable bonds is 4. The van der Waals surface area contributed by atoms with Crippen LogP contribution in [0.25, 0.3) is 0 Å². The average Bonchev–Trinajstić information content (AvgIpc) is 1.53. The Balaban J connectivity index is 3.91. The van der Waals surface area contributed by atoms with E-state index in [-0.39, 0.29) is 12.2 Å². The summed E-state index contributed by atoms with van der Waals surface area (Å²) in [6.45, 7) is 8.83. The van der Waals surface area contributed by atoms with Crippen LogP contribution < -0.4 is 0 Å². The first kappa shape index (κ1) is 11.2. The average molecular weight is 180 g/mol. The third-order valence-electron chi connectivity index (χ3n) is 0.805. The molecule has 0 radical (unpaired) electrons. The molecule has 0 aromatic heterocycles. The van der Waals surface area contributed by atoms with Crippen LogP contribution in [-0.2, 0) is 13.6 Å². The fourth-order valence-corrected chi connectivity index (χ4v) is 2.37. The van der Waals surface area contributed by atoms with E-state index in [1.165, 1.54) is 6.66 Å². The van der Waals surface area contributed by atoms with Crippen molar-refractivity contribution in [2.75, 3.05) is 6.66 Å². The highest BCUT2D eigenvalue weighted by Crippen LogP contribution is 2.46. The molecule has 0 aliphatic rings. The molecular weight excluding hydrogens is 163 g/mol. The quantitative estimate of drug-likeness (QED) is 0.624. The van der Waals surface area contributed by atoms with Crippen molar-refractivity contribution < 1.29 is 13.6 Å². The molecule has 68 valence electrons. The Morgan fingerprint density at radius 3 is 1.45 bits per heavy atom. The van der Waals surface area contributed by atoms with Gasteiger partial charge in [0.05, 0.1) is 12.2 Å². The van der Waals surface area contributed by atoms with E-state index in [0.29, 0.717) is 0 Å². The van der Waals surface area contributed by atoms with E-state index >= 15 is 0 Å². The molecule has 0 aromatic rings. The molecule has 3 nitrogen and oxygen atoms in total. The minimum Gasteiger partial charge on any atom is -0.306 e. The van der Waals surface area contributed by atoms with Crippen molar-refractivity contribution in [2.24, 2.45) is 0 Å². The highest BCUT2D eigenvalue weighted by atomic mass is 31.2. The third-order valence-corrected chi connectivity index (χ3v) is 2.41. The molecule has 0 rings (SSSR count). The maximum atomic E-state index is 11.4. The minimum atomic E-state index is -2.80. The molecule has 0 saturated heterocycles. The summed E-state index contributed by atoms with van der Waals surface area (Å²) in [4.78, 5) is 0. The van der Waals surface area contributed by atoms with Crippen LogP contribution in [0.4, 0.5) is 0 Å². The first-order valence-corrected chi connectivity index (χ1v) is 5.77. The third kappa shape index (κ3) is 6.54. The van der Waals surface area contributed by atoms with E-state index in [4.69, 9.17) is 9.05 Å². The monoisotopic (exact) mass is 180 g/mol. The normalized spacial score (nSPS) is 13.0. The molecule has 0 bridgehead atoms. The summed E-state index contributed by atoms with van der Waals surface area (Å²) in [5.41, 5.74) is 0. The van der Waals surface area contributed by atoms with Crippen molar-refractivity contribution in [2.45, 2.75) is 39.9 Å². The fraction of sp³-hybridized carbons (Fsp3) is 1.00. The van der Waals surface area contributed by atoms with E-state index in [0.717, 1.165) is 0 Å². The van der Waals surface area contributed by atoms with E-state index in [2.05, 4.69) is 0 Å². The molecule has 0 aliphatic heterocycles. The largest absolute Gasteiger partial charge is 0.328 e. The Morgan fingerprint density at radius 2 is 1.27 bits per heavy atom. The molecule has 0 atom stereocenters. The lowest BCUT2D eigenvalue weighted by molar-refractivity contribution is 0.146. The summed E-state index contributed by atoms with van der Waals surface area (Å²) in [6.07, 6.45) is -0.103. The van der Waals surface area contributed by atoms with E-state index in [1.54, 1.807) is 0 Å². The van der Waals surface area contributed by atoms with Gasteiger partial charge < -0.3 is 9.05 Å². The lowest BCUT2D eigenvalue weighted by Gasteiger charge is -2.18. The smallest absolute Gasteiger partial charge is 0.306 e. The van der Waals surface area contributed by atoms with Crippen molar-refractivity contribution in [3.8, 4) is 0 Å². The van der Waals surface area contributed by atoms with Crippen LogP contribution in [0, 0.1) is 0 Å². The second-order valence-corrected chi connectivity index (χ2v) is 5.04. The zero-order valence-corrected chi connectivity index (χ0v) is 8.72. The number of hydrogen-bond donors (Lipinski definition) is 0. The molecule has 0 fully saturated rings. The standard InChI is InChI=1S/C7H17O3P/c1-6(2)9-11(5,8)10-7(3)4/h6-7H,1-5H3. The Hall–Kier alpha value is 0.150. The van der Waals surface area contributed by atoms with Crippen molar-refractivity contribution in [3.63, 3.8) is 0 Å². The SMILES string of the molecule is CC(C)OP(C)(=O)OC(C)C. The molecule has 0 spiro atoms.